The standard InChI is InChI=1S/C12H18ClN3O/c13-11-9-10(14)1-2-12(11)16-5-3-15(4-6-16)7-8-17/h1-2,9,17H,3-8,14H2. The topological polar surface area (TPSA) is 52.7 Å². The van der Waals surface area contributed by atoms with E-state index in [0.717, 1.165) is 38.4 Å². The minimum Gasteiger partial charge on any atom is -0.399 e. The molecule has 0 spiro atoms. The Morgan fingerprint density at radius 2 is 1.94 bits per heavy atom. The summed E-state index contributed by atoms with van der Waals surface area (Å²) in [7, 11) is 0. The smallest absolute Gasteiger partial charge is 0.0660 e. The molecule has 1 heterocycles. The highest BCUT2D eigenvalue weighted by Gasteiger charge is 2.18. The summed E-state index contributed by atoms with van der Waals surface area (Å²) in [5.41, 5.74) is 7.42. The van der Waals surface area contributed by atoms with E-state index in [1.54, 1.807) is 6.07 Å². The van der Waals surface area contributed by atoms with Crippen LogP contribution in [-0.4, -0.2) is 49.3 Å². The first-order chi connectivity index (χ1) is 8.20. The van der Waals surface area contributed by atoms with Gasteiger partial charge in [0.05, 0.1) is 17.3 Å². The predicted molar refractivity (Wildman–Crippen MR) is 71.6 cm³/mol. The molecule has 0 unspecified atom stereocenters. The van der Waals surface area contributed by atoms with Crippen molar-refractivity contribution in [2.45, 2.75) is 0 Å². The van der Waals surface area contributed by atoms with Crippen LogP contribution in [0.4, 0.5) is 11.4 Å². The molecule has 1 aromatic rings. The number of anilines is 2. The maximum Gasteiger partial charge on any atom is 0.0660 e. The molecular formula is C12H18ClN3O. The summed E-state index contributed by atoms with van der Waals surface area (Å²) >= 11 is 6.19. The lowest BCUT2D eigenvalue weighted by atomic mass is 10.2. The number of halogens is 1. The van der Waals surface area contributed by atoms with Gasteiger partial charge in [-0.15, -0.1) is 0 Å². The molecule has 5 heteroatoms. The van der Waals surface area contributed by atoms with Gasteiger partial charge < -0.3 is 15.7 Å². The quantitative estimate of drug-likeness (QED) is 0.793. The van der Waals surface area contributed by atoms with E-state index in [2.05, 4.69) is 9.80 Å². The van der Waals surface area contributed by atoms with Gasteiger partial charge in [0.25, 0.3) is 0 Å². The molecule has 1 saturated heterocycles. The molecule has 1 fully saturated rings. The van der Waals surface area contributed by atoms with E-state index < -0.39 is 0 Å². The number of nitrogens with zero attached hydrogens (tertiary/aromatic N) is 2. The van der Waals surface area contributed by atoms with E-state index in [9.17, 15) is 0 Å². The molecule has 2 rings (SSSR count). The number of aliphatic hydroxyl groups is 1. The number of nitrogens with two attached hydrogens (primary N) is 1. The highest BCUT2D eigenvalue weighted by molar-refractivity contribution is 6.33. The van der Waals surface area contributed by atoms with Gasteiger partial charge in [0.2, 0.25) is 0 Å². The molecule has 17 heavy (non-hydrogen) atoms. The van der Waals surface area contributed by atoms with Crippen LogP contribution >= 0.6 is 11.6 Å². The van der Waals surface area contributed by atoms with Gasteiger partial charge in [-0.1, -0.05) is 11.6 Å². The van der Waals surface area contributed by atoms with Gasteiger partial charge in [0.1, 0.15) is 0 Å². The van der Waals surface area contributed by atoms with Crippen LogP contribution in [0, 0.1) is 0 Å². The number of rotatable bonds is 3. The molecule has 1 aromatic carbocycles. The zero-order valence-corrected chi connectivity index (χ0v) is 10.5. The van der Waals surface area contributed by atoms with Crippen molar-refractivity contribution in [3.63, 3.8) is 0 Å². The van der Waals surface area contributed by atoms with Crippen LogP contribution in [0.5, 0.6) is 0 Å². The average Bonchev–Trinajstić information content (AvgIpc) is 2.31. The predicted octanol–water partition coefficient (Wildman–Crippen LogP) is 1.04. The minimum atomic E-state index is 0.225. The summed E-state index contributed by atoms with van der Waals surface area (Å²) < 4.78 is 0. The zero-order chi connectivity index (χ0) is 12.3. The number of nitrogen functional groups attached to an aromatic ring is 1. The molecule has 94 valence electrons. The third kappa shape index (κ3) is 3.03. The Hall–Kier alpha value is -0.970. The first kappa shape index (κ1) is 12.5. The normalized spacial score (nSPS) is 17.4. The second-order valence-electron chi connectivity index (χ2n) is 4.26. The zero-order valence-electron chi connectivity index (χ0n) is 9.77. The Morgan fingerprint density at radius 3 is 2.53 bits per heavy atom. The molecule has 4 nitrogen and oxygen atoms in total. The number of hydrogen-bond acceptors (Lipinski definition) is 4. The fraction of sp³-hybridized carbons (Fsp3) is 0.500. The molecule has 0 bridgehead atoms. The van der Waals surface area contributed by atoms with E-state index in [-0.39, 0.29) is 6.61 Å². The Kier molecular flexibility index (Phi) is 4.10. The number of hydrogen-bond donors (Lipinski definition) is 2. The average molecular weight is 256 g/mol. The van der Waals surface area contributed by atoms with Gasteiger partial charge in [0, 0.05) is 38.4 Å². The Bertz CT molecular complexity index is 378. The summed E-state index contributed by atoms with van der Waals surface area (Å²) in [6, 6.07) is 5.64. The largest absolute Gasteiger partial charge is 0.399 e. The molecule has 0 radical (unpaired) electrons. The fourth-order valence-electron chi connectivity index (χ4n) is 2.13. The first-order valence-electron chi connectivity index (χ1n) is 5.84. The Labute approximate surface area is 107 Å². The third-order valence-electron chi connectivity index (χ3n) is 3.10. The maximum absolute atomic E-state index is 8.89. The van der Waals surface area contributed by atoms with Gasteiger partial charge in [-0.2, -0.15) is 0 Å². The van der Waals surface area contributed by atoms with Crippen LogP contribution in [0.1, 0.15) is 0 Å². The number of benzene rings is 1. The van der Waals surface area contributed by atoms with Crippen LogP contribution in [0.15, 0.2) is 18.2 Å². The molecule has 3 N–H and O–H groups in total. The van der Waals surface area contributed by atoms with Crippen LogP contribution in [0.2, 0.25) is 5.02 Å². The van der Waals surface area contributed by atoms with Gasteiger partial charge >= 0.3 is 0 Å². The first-order valence-corrected chi connectivity index (χ1v) is 6.21. The van der Waals surface area contributed by atoms with Crippen LogP contribution in [0.25, 0.3) is 0 Å². The van der Waals surface area contributed by atoms with Crippen molar-refractivity contribution < 1.29 is 5.11 Å². The van der Waals surface area contributed by atoms with Crippen molar-refractivity contribution in [1.82, 2.24) is 4.90 Å². The van der Waals surface area contributed by atoms with Gasteiger partial charge in [0.15, 0.2) is 0 Å². The minimum absolute atomic E-state index is 0.225. The number of aliphatic hydroxyl groups excluding tert-OH is 1. The summed E-state index contributed by atoms with van der Waals surface area (Å²) in [5, 5.41) is 9.59. The van der Waals surface area contributed by atoms with E-state index in [1.807, 2.05) is 12.1 Å². The summed E-state index contributed by atoms with van der Waals surface area (Å²) in [6.45, 7) is 4.77. The molecular weight excluding hydrogens is 238 g/mol. The SMILES string of the molecule is Nc1ccc(N2CCN(CCO)CC2)c(Cl)c1. The molecule has 0 saturated carbocycles. The molecule has 0 atom stereocenters. The highest BCUT2D eigenvalue weighted by atomic mass is 35.5. The molecule has 0 amide bonds. The Morgan fingerprint density at radius 1 is 1.24 bits per heavy atom. The van der Waals surface area contributed by atoms with Crippen LogP contribution in [-0.2, 0) is 0 Å². The third-order valence-corrected chi connectivity index (χ3v) is 3.40. The molecule has 0 aromatic heterocycles. The summed E-state index contributed by atoms with van der Waals surface area (Å²) in [5.74, 6) is 0. The number of piperazine rings is 1. The highest BCUT2D eigenvalue weighted by Crippen LogP contribution is 2.28. The lowest BCUT2D eigenvalue weighted by Crippen LogP contribution is -2.47. The van der Waals surface area contributed by atoms with Crippen molar-refractivity contribution in [1.29, 1.82) is 0 Å². The molecule has 0 aliphatic carbocycles. The van der Waals surface area contributed by atoms with Crippen molar-refractivity contribution in [3.8, 4) is 0 Å². The van der Waals surface area contributed by atoms with E-state index >= 15 is 0 Å². The summed E-state index contributed by atoms with van der Waals surface area (Å²) in [6.07, 6.45) is 0. The molecule has 1 aliphatic heterocycles. The second-order valence-corrected chi connectivity index (χ2v) is 4.67. The lowest BCUT2D eigenvalue weighted by molar-refractivity contribution is 0.189. The van der Waals surface area contributed by atoms with E-state index in [4.69, 9.17) is 22.4 Å². The molecule has 1 aliphatic rings. The van der Waals surface area contributed by atoms with Crippen molar-refractivity contribution in [2.24, 2.45) is 0 Å². The van der Waals surface area contributed by atoms with Crippen molar-refractivity contribution >= 4 is 23.0 Å². The maximum atomic E-state index is 8.89. The van der Waals surface area contributed by atoms with Crippen LogP contribution in [0.3, 0.4) is 0 Å². The monoisotopic (exact) mass is 255 g/mol. The van der Waals surface area contributed by atoms with Gasteiger partial charge in [-0.3, -0.25) is 4.90 Å². The van der Waals surface area contributed by atoms with Crippen LogP contribution < -0.4 is 10.6 Å². The van der Waals surface area contributed by atoms with Gasteiger partial charge in [-0.05, 0) is 18.2 Å². The van der Waals surface area contributed by atoms with E-state index in [0.29, 0.717) is 10.7 Å². The Balaban J connectivity index is 2.00. The van der Waals surface area contributed by atoms with E-state index in [1.165, 1.54) is 0 Å². The van der Waals surface area contributed by atoms with Crippen molar-refractivity contribution in [3.05, 3.63) is 23.2 Å². The lowest BCUT2D eigenvalue weighted by Gasteiger charge is -2.36. The van der Waals surface area contributed by atoms with Crippen molar-refractivity contribution in [2.75, 3.05) is 50.0 Å². The number of β-amino-alcohol motifs (C(OH)–C–C–N with tert-alkyl or cyclic N) is 1. The fourth-order valence-corrected chi connectivity index (χ4v) is 2.44. The summed E-state index contributed by atoms with van der Waals surface area (Å²) in [4.78, 5) is 4.51. The van der Waals surface area contributed by atoms with Gasteiger partial charge in [-0.25, -0.2) is 0 Å². The second kappa shape index (κ2) is 5.58.